The fourth-order valence-electron chi connectivity index (χ4n) is 2.99. The van der Waals surface area contributed by atoms with E-state index in [1.807, 2.05) is 13.8 Å². The summed E-state index contributed by atoms with van der Waals surface area (Å²) in [5.41, 5.74) is 4.32. The average molecular weight is 488 g/mol. The molecule has 0 bridgehead atoms. The van der Waals surface area contributed by atoms with Crippen LogP contribution in [-0.4, -0.2) is 29.4 Å². The molecule has 4 N–H and O–H groups in total. The predicted octanol–water partition coefficient (Wildman–Crippen LogP) is 5.29. The fraction of sp³-hybridized carbons (Fsp3) is 0.300. The molecule has 0 radical (unpaired) electrons. The highest BCUT2D eigenvalue weighted by molar-refractivity contribution is 7.91. The first-order chi connectivity index (χ1) is 14.9. The first-order valence-electron chi connectivity index (χ1n) is 9.55. The van der Waals surface area contributed by atoms with E-state index in [2.05, 4.69) is 20.5 Å². The summed E-state index contributed by atoms with van der Waals surface area (Å²) in [5, 5.41) is 8.52. The molecule has 0 amide bonds. The van der Waals surface area contributed by atoms with Crippen LogP contribution in [0.1, 0.15) is 25.8 Å². The zero-order valence-corrected chi connectivity index (χ0v) is 18.7. The van der Waals surface area contributed by atoms with Gasteiger partial charge in [-0.15, -0.1) is 5.10 Å². The van der Waals surface area contributed by atoms with Gasteiger partial charge < -0.3 is 11.1 Å². The maximum atomic E-state index is 13.8. The maximum Gasteiger partial charge on any atom is 0.417 e. The summed E-state index contributed by atoms with van der Waals surface area (Å²) in [6.07, 6.45) is -4.24. The minimum absolute atomic E-state index is 0.00491. The van der Waals surface area contributed by atoms with E-state index in [4.69, 9.17) is 17.3 Å². The van der Waals surface area contributed by atoms with Crippen LogP contribution in [0, 0.1) is 5.92 Å². The quantitative estimate of drug-likeness (QED) is 0.417. The summed E-state index contributed by atoms with van der Waals surface area (Å²) in [6, 6.07) is 7.41. The number of anilines is 3. The minimum Gasteiger partial charge on any atom is -0.368 e. The Hall–Kier alpha value is -2.79. The number of aromatic nitrogens is 3. The molecule has 32 heavy (non-hydrogen) atoms. The third-order valence-electron chi connectivity index (χ3n) is 4.62. The van der Waals surface area contributed by atoms with Crippen molar-refractivity contribution >= 4 is 39.0 Å². The number of H-pyrrole nitrogens is 1. The topological polar surface area (TPSA) is 114 Å². The van der Waals surface area contributed by atoms with Gasteiger partial charge in [0.1, 0.15) is 0 Å². The zero-order chi connectivity index (χ0) is 23.7. The van der Waals surface area contributed by atoms with Crippen LogP contribution in [0.4, 0.5) is 30.8 Å². The van der Waals surface area contributed by atoms with Gasteiger partial charge in [-0.1, -0.05) is 37.6 Å². The second-order valence-corrected chi connectivity index (χ2v) is 10.1. The largest absolute Gasteiger partial charge is 0.417 e. The highest BCUT2D eigenvalue weighted by Gasteiger charge is 2.35. The average Bonchev–Trinajstić information content (AvgIpc) is 3.10. The smallest absolute Gasteiger partial charge is 0.368 e. The number of benzene rings is 2. The van der Waals surface area contributed by atoms with Crippen LogP contribution in [0.25, 0.3) is 11.1 Å². The lowest BCUT2D eigenvalue weighted by Crippen LogP contribution is -2.10. The first kappa shape index (κ1) is 23.9. The van der Waals surface area contributed by atoms with E-state index in [1.54, 1.807) is 0 Å². The molecule has 0 unspecified atom stereocenters. The van der Waals surface area contributed by atoms with Crippen LogP contribution in [0.3, 0.4) is 0 Å². The second kappa shape index (κ2) is 8.99. The lowest BCUT2D eigenvalue weighted by Gasteiger charge is -2.17. The van der Waals surface area contributed by atoms with Crippen molar-refractivity contribution in [3.05, 3.63) is 47.0 Å². The van der Waals surface area contributed by atoms with E-state index in [9.17, 15) is 21.6 Å². The lowest BCUT2D eigenvalue weighted by atomic mass is 9.98. The first-order valence-corrected chi connectivity index (χ1v) is 11.6. The summed E-state index contributed by atoms with van der Waals surface area (Å²) in [6.45, 7) is 3.82. The molecule has 0 aliphatic rings. The summed E-state index contributed by atoms with van der Waals surface area (Å²) in [7, 11) is -3.53. The van der Waals surface area contributed by atoms with Crippen molar-refractivity contribution in [3.8, 4) is 11.1 Å². The SMILES string of the molecule is CC(C)CCS(=O)(=O)c1ccc(-c2c(Cl)cc(Nc3n[nH]c(N)n3)cc2C(F)(F)F)cc1. The van der Waals surface area contributed by atoms with Crippen molar-refractivity contribution in [3.63, 3.8) is 0 Å². The van der Waals surface area contributed by atoms with Crippen molar-refractivity contribution in [1.29, 1.82) is 0 Å². The van der Waals surface area contributed by atoms with Crippen LogP contribution >= 0.6 is 11.6 Å². The van der Waals surface area contributed by atoms with Gasteiger partial charge in [0.25, 0.3) is 0 Å². The molecule has 0 aliphatic heterocycles. The summed E-state index contributed by atoms with van der Waals surface area (Å²) in [5.74, 6) is 0.146. The maximum absolute atomic E-state index is 13.8. The van der Waals surface area contributed by atoms with Crippen molar-refractivity contribution < 1.29 is 21.6 Å². The molecule has 0 fully saturated rings. The van der Waals surface area contributed by atoms with E-state index in [0.29, 0.717) is 6.42 Å². The Kier molecular flexibility index (Phi) is 6.70. The monoisotopic (exact) mass is 487 g/mol. The van der Waals surface area contributed by atoms with Gasteiger partial charge in [-0.2, -0.15) is 18.2 Å². The number of nitrogen functional groups attached to an aromatic ring is 1. The van der Waals surface area contributed by atoms with Crippen molar-refractivity contribution in [2.45, 2.75) is 31.3 Å². The number of nitrogens with zero attached hydrogens (tertiary/aromatic N) is 2. The number of aromatic amines is 1. The molecule has 2 aromatic carbocycles. The van der Waals surface area contributed by atoms with E-state index in [1.165, 1.54) is 30.3 Å². The Balaban J connectivity index is 1.99. The molecule has 1 aromatic heterocycles. The van der Waals surface area contributed by atoms with E-state index >= 15 is 0 Å². The molecular formula is C20H21ClF3N5O2S. The number of hydrogen-bond acceptors (Lipinski definition) is 6. The number of halogens is 4. The molecular weight excluding hydrogens is 467 g/mol. The molecule has 3 aromatic rings. The van der Waals surface area contributed by atoms with Crippen LogP contribution in [0.2, 0.25) is 5.02 Å². The molecule has 3 rings (SSSR count). The molecule has 12 heteroatoms. The third kappa shape index (κ3) is 5.52. The van der Waals surface area contributed by atoms with Gasteiger partial charge in [0.15, 0.2) is 9.84 Å². The van der Waals surface area contributed by atoms with Gasteiger partial charge in [0.2, 0.25) is 11.9 Å². The van der Waals surface area contributed by atoms with E-state index < -0.39 is 21.6 Å². The van der Waals surface area contributed by atoms with Gasteiger partial charge >= 0.3 is 6.18 Å². The summed E-state index contributed by atoms with van der Waals surface area (Å²) < 4.78 is 66.4. The standard InChI is InChI=1S/C20H21ClF3N5O2S/c1-11(2)7-8-32(30,31)14-5-3-12(4-6-14)17-15(20(22,23)24)9-13(10-16(17)21)26-19-27-18(25)28-29-19/h3-6,9-11H,7-8H2,1-2H3,(H4,25,26,27,28,29). The predicted molar refractivity (Wildman–Crippen MR) is 117 cm³/mol. The Labute approximate surface area is 188 Å². The molecule has 1 heterocycles. The molecule has 7 nitrogen and oxygen atoms in total. The van der Waals surface area contributed by atoms with Crippen molar-refractivity contribution in [1.82, 2.24) is 15.2 Å². The number of nitrogens with one attached hydrogen (secondary N) is 2. The van der Waals surface area contributed by atoms with Gasteiger partial charge in [0, 0.05) is 11.3 Å². The zero-order valence-electron chi connectivity index (χ0n) is 17.2. The Morgan fingerprint density at radius 1 is 1.19 bits per heavy atom. The van der Waals surface area contributed by atoms with Crippen molar-refractivity contribution in [2.75, 3.05) is 16.8 Å². The second-order valence-electron chi connectivity index (χ2n) is 7.57. The van der Waals surface area contributed by atoms with Crippen LogP contribution < -0.4 is 11.1 Å². The molecule has 0 saturated carbocycles. The molecule has 0 aliphatic carbocycles. The Morgan fingerprint density at radius 3 is 2.38 bits per heavy atom. The molecule has 0 saturated heterocycles. The Bertz CT molecular complexity index is 1210. The normalized spacial score (nSPS) is 12.3. The number of hydrogen-bond donors (Lipinski definition) is 3. The fourth-order valence-corrected chi connectivity index (χ4v) is 4.89. The number of rotatable bonds is 7. The summed E-state index contributed by atoms with van der Waals surface area (Å²) in [4.78, 5) is 3.83. The van der Waals surface area contributed by atoms with Crippen LogP contribution in [0.15, 0.2) is 41.3 Å². The highest BCUT2D eigenvalue weighted by Crippen LogP contribution is 2.43. The van der Waals surface area contributed by atoms with Gasteiger partial charge in [-0.3, -0.25) is 0 Å². The number of nitrogens with two attached hydrogens (primary N) is 1. The van der Waals surface area contributed by atoms with Gasteiger partial charge in [-0.25, -0.2) is 13.5 Å². The number of sulfone groups is 1. The van der Waals surface area contributed by atoms with Crippen molar-refractivity contribution in [2.24, 2.45) is 5.92 Å². The van der Waals surface area contributed by atoms with E-state index in [-0.39, 0.29) is 50.3 Å². The minimum atomic E-state index is -4.73. The number of alkyl halides is 3. The molecule has 0 atom stereocenters. The van der Waals surface area contributed by atoms with Gasteiger partial charge in [-0.05, 0) is 42.2 Å². The van der Waals surface area contributed by atoms with Crippen LogP contribution in [-0.2, 0) is 16.0 Å². The molecule has 0 spiro atoms. The van der Waals surface area contributed by atoms with E-state index in [0.717, 1.165) is 6.07 Å². The summed E-state index contributed by atoms with van der Waals surface area (Å²) >= 11 is 6.23. The third-order valence-corrected chi connectivity index (χ3v) is 6.68. The lowest BCUT2D eigenvalue weighted by molar-refractivity contribution is -0.137. The Morgan fingerprint density at radius 2 is 1.84 bits per heavy atom. The van der Waals surface area contributed by atoms with Gasteiger partial charge in [0.05, 0.1) is 21.2 Å². The highest BCUT2D eigenvalue weighted by atomic mass is 35.5. The molecule has 172 valence electrons. The van der Waals surface area contributed by atoms with Crippen LogP contribution in [0.5, 0.6) is 0 Å².